The molecule has 0 bridgehead atoms. The largest absolute Gasteiger partial charge is 0.359 e. The Balaban J connectivity index is 2.60. The van der Waals surface area contributed by atoms with E-state index in [0.29, 0.717) is 0 Å². The number of anilines is 1. The molecule has 1 rings (SSSR count). The van der Waals surface area contributed by atoms with Crippen LogP contribution in [0.2, 0.25) is 0 Å². The van der Waals surface area contributed by atoms with Gasteiger partial charge in [-0.3, -0.25) is 4.99 Å². The number of para-hydroxylation sites is 1. The molecule has 0 radical (unpaired) electrons. The van der Waals surface area contributed by atoms with Crippen LogP contribution in [-0.2, 0) is 0 Å². The Hall–Kier alpha value is -1.57. The molecular formula is C11H14N2. The second kappa shape index (κ2) is 5.14. The lowest BCUT2D eigenvalue weighted by Gasteiger charge is -2.04. The van der Waals surface area contributed by atoms with Crippen LogP contribution in [0.15, 0.2) is 47.1 Å². The minimum absolute atomic E-state index is 1.08. The van der Waals surface area contributed by atoms with Gasteiger partial charge in [0.1, 0.15) is 0 Å². The normalized spacial score (nSPS) is 12.0. The molecule has 0 aromatic heterocycles. The van der Waals surface area contributed by atoms with Gasteiger partial charge < -0.3 is 5.32 Å². The first-order valence-electron chi connectivity index (χ1n) is 4.24. The van der Waals surface area contributed by atoms with Gasteiger partial charge in [-0.15, -0.1) is 0 Å². The summed E-state index contributed by atoms with van der Waals surface area (Å²) in [4.78, 5) is 3.88. The number of nitrogens with one attached hydrogen (secondary N) is 1. The van der Waals surface area contributed by atoms with Gasteiger partial charge in [0.25, 0.3) is 0 Å². The van der Waals surface area contributed by atoms with E-state index in [2.05, 4.69) is 10.3 Å². The highest BCUT2D eigenvalue weighted by molar-refractivity contribution is 5.73. The molecule has 0 amide bonds. The zero-order chi connectivity index (χ0) is 9.52. The van der Waals surface area contributed by atoms with Gasteiger partial charge in [0.05, 0.1) is 0 Å². The molecule has 0 atom stereocenters. The minimum atomic E-state index is 1.08. The van der Waals surface area contributed by atoms with Gasteiger partial charge in [0.2, 0.25) is 0 Å². The number of allylic oxidation sites excluding steroid dienone is 2. The van der Waals surface area contributed by atoms with Crippen molar-refractivity contribution in [2.24, 2.45) is 4.99 Å². The molecule has 0 spiro atoms. The molecule has 1 aromatic rings. The van der Waals surface area contributed by atoms with E-state index in [1.807, 2.05) is 43.3 Å². The van der Waals surface area contributed by atoms with Gasteiger partial charge in [-0.05, 0) is 25.1 Å². The summed E-state index contributed by atoms with van der Waals surface area (Å²) in [6.07, 6.45) is 3.71. The van der Waals surface area contributed by atoms with Gasteiger partial charge in [0.15, 0.2) is 0 Å². The topological polar surface area (TPSA) is 24.4 Å². The average Bonchev–Trinajstić information content (AvgIpc) is 2.16. The van der Waals surface area contributed by atoms with Gasteiger partial charge in [-0.2, -0.15) is 0 Å². The molecule has 1 N–H and O–H groups in total. The monoisotopic (exact) mass is 174 g/mol. The highest BCUT2D eigenvalue weighted by Crippen LogP contribution is 2.07. The summed E-state index contributed by atoms with van der Waals surface area (Å²) in [5.74, 6) is 0. The van der Waals surface area contributed by atoms with Crippen LogP contribution < -0.4 is 5.32 Å². The highest BCUT2D eigenvalue weighted by atomic mass is 14.9. The van der Waals surface area contributed by atoms with Crippen molar-refractivity contribution in [3.63, 3.8) is 0 Å². The van der Waals surface area contributed by atoms with Crippen LogP contribution in [0.3, 0.4) is 0 Å². The van der Waals surface area contributed by atoms with Crippen LogP contribution >= 0.6 is 0 Å². The van der Waals surface area contributed by atoms with E-state index in [-0.39, 0.29) is 0 Å². The Bertz CT molecular complexity index is 299. The number of nitrogens with zero attached hydrogens (tertiary/aromatic N) is 1. The van der Waals surface area contributed by atoms with E-state index < -0.39 is 0 Å². The van der Waals surface area contributed by atoms with Crippen LogP contribution in [0, 0.1) is 0 Å². The first kappa shape index (κ1) is 9.52. The molecule has 0 aliphatic heterocycles. The predicted octanol–water partition coefficient (Wildman–Crippen LogP) is 2.70. The standard InChI is InChI=1S/C11H14N2/c1-10(8-9-12-2)13-11-6-4-3-5-7-11/h3-9,13H,1-2H3/b10-8-,12-9-. The maximum Gasteiger partial charge on any atom is 0.0381 e. The number of aliphatic imine (C=N–C) groups is 1. The summed E-state index contributed by atoms with van der Waals surface area (Å²) in [6.45, 7) is 2.01. The van der Waals surface area contributed by atoms with Gasteiger partial charge >= 0.3 is 0 Å². The van der Waals surface area contributed by atoms with Gasteiger partial charge in [-0.25, -0.2) is 0 Å². The maximum absolute atomic E-state index is 3.88. The lowest BCUT2D eigenvalue weighted by molar-refractivity contribution is 1.38. The van der Waals surface area contributed by atoms with Crippen LogP contribution in [0.5, 0.6) is 0 Å². The third-order valence-electron chi connectivity index (χ3n) is 1.59. The highest BCUT2D eigenvalue weighted by Gasteiger charge is 1.88. The molecule has 0 unspecified atom stereocenters. The summed E-state index contributed by atoms with van der Waals surface area (Å²) < 4.78 is 0. The van der Waals surface area contributed by atoms with Crippen molar-refractivity contribution in [1.82, 2.24) is 0 Å². The molecule has 0 saturated heterocycles. The summed E-state index contributed by atoms with van der Waals surface area (Å²) in [5, 5.41) is 3.25. The summed E-state index contributed by atoms with van der Waals surface area (Å²) in [6, 6.07) is 10.1. The zero-order valence-electron chi connectivity index (χ0n) is 7.99. The maximum atomic E-state index is 3.88. The minimum Gasteiger partial charge on any atom is -0.359 e. The predicted molar refractivity (Wildman–Crippen MR) is 58.2 cm³/mol. The smallest absolute Gasteiger partial charge is 0.0381 e. The van der Waals surface area contributed by atoms with E-state index in [0.717, 1.165) is 11.4 Å². The number of hydrogen-bond donors (Lipinski definition) is 1. The fraction of sp³-hybridized carbons (Fsp3) is 0.182. The molecule has 13 heavy (non-hydrogen) atoms. The van der Waals surface area contributed by atoms with Crippen LogP contribution in [0.4, 0.5) is 5.69 Å². The summed E-state index contributed by atoms with van der Waals surface area (Å²) in [7, 11) is 1.76. The van der Waals surface area contributed by atoms with Crippen molar-refractivity contribution in [2.75, 3.05) is 12.4 Å². The quantitative estimate of drug-likeness (QED) is 0.700. The lowest BCUT2D eigenvalue weighted by atomic mass is 10.3. The van der Waals surface area contributed by atoms with E-state index in [4.69, 9.17) is 0 Å². The molecular weight excluding hydrogens is 160 g/mol. The Morgan fingerprint density at radius 1 is 1.31 bits per heavy atom. The second-order valence-corrected chi connectivity index (χ2v) is 2.75. The molecule has 2 nitrogen and oxygen atoms in total. The average molecular weight is 174 g/mol. The molecule has 0 aliphatic carbocycles. The second-order valence-electron chi connectivity index (χ2n) is 2.75. The Labute approximate surface area is 79.0 Å². The first-order valence-corrected chi connectivity index (χ1v) is 4.24. The third-order valence-corrected chi connectivity index (χ3v) is 1.59. The Kier molecular flexibility index (Phi) is 3.76. The lowest BCUT2D eigenvalue weighted by Crippen LogP contribution is -1.94. The van der Waals surface area contributed by atoms with Crippen molar-refractivity contribution in [2.45, 2.75) is 6.92 Å². The summed E-state index contributed by atoms with van der Waals surface area (Å²) in [5.41, 5.74) is 2.18. The van der Waals surface area contributed by atoms with Crippen LogP contribution in [-0.4, -0.2) is 13.3 Å². The van der Waals surface area contributed by atoms with Crippen molar-refractivity contribution in [1.29, 1.82) is 0 Å². The van der Waals surface area contributed by atoms with E-state index in [1.165, 1.54) is 0 Å². The molecule has 0 saturated carbocycles. The zero-order valence-corrected chi connectivity index (χ0v) is 7.99. The third kappa shape index (κ3) is 3.56. The molecule has 0 fully saturated rings. The Morgan fingerprint density at radius 3 is 2.62 bits per heavy atom. The molecule has 1 aromatic carbocycles. The first-order chi connectivity index (χ1) is 6.33. The molecule has 2 heteroatoms. The fourth-order valence-corrected chi connectivity index (χ4v) is 0.977. The van der Waals surface area contributed by atoms with Crippen LogP contribution in [0.1, 0.15) is 6.92 Å². The molecule has 0 heterocycles. The number of hydrogen-bond acceptors (Lipinski definition) is 2. The summed E-state index contributed by atoms with van der Waals surface area (Å²) >= 11 is 0. The van der Waals surface area contributed by atoms with Crippen molar-refractivity contribution in [3.8, 4) is 0 Å². The molecule has 0 aliphatic rings. The number of rotatable bonds is 3. The SMILES string of the molecule is C/N=C\C=C(\C)Nc1ccccc1. The fourth-order valence-electron chi connectivity index (χ4n) is 0.977. The van der Waals surface area contributed by atoms with Crippen molar-refractivity contribution >= 4 is 11.9 Å². The van der Waals surface area contributed by atoms with Crippen molar-refractivity contribution in [3.05, 3.63) is 42.1 Å². The van der Waals surface area contributed by atoms with Crippen LogP contribution in [0.25, 0.3) is 0 Å². The van der Waals surface area contributed by atoms with E-state index in [1.54, 1.807) is 13.3 Å². The van der Waals surface area contributed by atoms with Crippen molar-refractivity contribution < 1.29 is 0 Å². The Morgan fingerprint density at radius 2 is 2.00 bits per heavy atom. The van der Waals surface area contributed by atoms with Gasteiger partial charge in [-0.1, -0.05) is 18.2 Å². The van der Waals surface area contributed by atoms with Gasteiger partial charge in [0, 0.05) is 24.6 Å². The van der Waals surface area contributed by atoms with E-state index >= 15 is 0 Å². The van der Waals surface area contributed by atoms with E-state index in [9.17, 15) is 0 Å². The number of benzene rings is 1. The molecule has 68 valence electrons.